The number of carbonyl (C=O) groups is 3. The standard InChI is InChI=1S/C6H8O7.2K.H2O.2H/c7-3(8)1-6(13,5(11)12)2-4(9)10;;;;;/h13H,1-2H2,(H,7,8)(H,9,10)(H,11,12);;;1H2;;. The molecule has 0 spiro atoms. The molecule has 0 amide bonds. The SMILES string of the molecule is O.O=C(O)CC(O)(CC(=O)O)C(=O)O.[KH].[KH]. The number of hydrogen-bond donors (Lipinski definition) is 4. The van der Waals surface area contributed by atoms with Gasteiger partial charge in [0.05, 0.1) is 12.8 Å². The fraction of sp³-hybridized carbons (Fsp3) is 0.500. The van der Waals surface area contributed by atoms with Crippen molar-refractivity contribution in [3.05, 3.63) is 0 Å². The van der Waals surface area contributed by atoms with Crippen molar-refractivity contribution in [2.24, 2.45) is 0 Å². The molecule has 0 radical (unpaired) electrons. The summed E-state index contributed by atoms with van der Waals surface area (Å²) in [5, 5.41) is 33.8. The maximum atomic E-state index is 10.3. The van der Waals surface area contributed by atoms with Gasteiger partial charge in [-0.1, -0.05) is 0 Å². The van der Waals surface area contributed by atoms with Crippen LogP contribution in [0.5, 0.6) is 0 Å². The molecule has 16 heavy (non-hydrogen) atoms. The minimum atomic E-state index is -2.74. The summed E-state index contributed by atoms with van der Waals surface area (Å²) in [5.74, 6) is -5.02. The first-order chi connectivity index (χ1) is 5.78. The second-order valence-corrected chi connectivity index (χ2v) is 2.48. The van der Waals surface area contributed by atoms with Crippen molar-refractivity contribution >= 4 is 121 Å². The molecule has 0 heterocycles. The van der Waals surface area contributed by atoms with E-state index in [4.69, 9.17) is 20.4 Å². The quantitative estimate of drug-likeness (QED) is 0.384. The van der Waals surface area contributed by atoms with Gasteiger partial charge in [0.1, 0.15) is 0 Å². The van der Waals surface area contributed by atoms with E-state index < -0.39 is 36.4 Å². The van der Waals surface area contributed by atoms with Crippen molar-refractivity contribution in [3.63, 3.8) is 0 Å². The molecule has 0 bridgehead atoms. The first kappa shape index (κ1) is 26.2. The van der Waals surface area contributed by atoms with Gasteiger partial charge in [0.15, 0.2) is 5.60 Å². The summed E-state index contributed by atoms with van der Waals surface area (Å²) in [5.41, 5.74) is -2.74. The van der Waals surface area contributed by atoms with Crippen LogP contribution in [0.1, 0.15) is 12.8 Å². The molecule has 0 aromatic carbocycles. The Kier molecular flexibility index (Phi) is 19.1. The van der Waals surface area contributed by atoms with E-state index in [1.807, 2.05) is 0 Å². The van der Waals surface area contributed by atoms with Crippen molar-refractivity contribution in [2.75, 3.05) is 0 Å². The van der Waals surface area contributed by atoms with Gasteiger partial charge in [-0.25, -0.2) is 4.79 Å². The predicted molar refractivity (Wildman–Crippen MR) is 55.0 cm³/mol. The Balaban J connectivity index is -0.000000240. The molecule has 86 valence electrons. The molecule has 0 aliphatic heterocycles. The van der Waals surface area contributed by atoms with E-state index in [1.54, 1.807) is 0 Å². The van der Waals surface area contributed by atoms with Gasteiger partial charge in [-0.15, -0.1) is 0 Å². The van der Waals surface area contributed by atoms with Crippen LogP contribution in [0.3, 0.4) is 0 Å². The molecule has 0 unspecified atom stereocenters. The van der Waals surface area contributed by atoms with Crippen LogP contribution in [0, 0.1) is 0 Å². The second kappa shape index (κ2) is 11.7. The van der Waals surface area contributed by atoms with Crippen molar-refractivity contribution in [3.8, 4) is 0 Å². The third kappa shape index (κ3) is 10.7. The second-order valence-electron chi connectivity index (χ2n) is 2.48. The number of aliphatic carboxylic acids is 3. The van der Waals surface area contributed by atoms with Gasteiger partial charge < -0.3 is 25.9 Å². The van der Waals surface area contributed by atoms with Crippen LogP contribution in [0.2, 0.25) is 0 Å². The zero-order valence-corrected chi connectivity index (χ0v) is 6.93. The topological polar surface area (TPSA) is 164 Å². The number of carboxylic acids is 3. The molecule has 6 N–H and O–H groups in total. The van der Waals surface area contributed by atoms with Gasteiger partial charge in [-0.3, -0.25) is 9.59 Å². The molecule has 0 rings (SSSR count). The van der Waals surface area contributed by atoms with Gasteiger partial charge in [0, 0.05) is 0 Å². The Morgan fingerprint density at radius 2 is 1.12 bits per heavy atom. The average Bonchev–Trinajstić information content (AvgIpc) is 1.82. The molecule has 0 aromatic heterocycles. The Bertz CT molecular complexity index is 237. The number of aliphatic hydroxyl groups is 1. The molecule has 0 saturated carbocycles. The Morgan fingerprint density at radius 1 is 0.875 bits per heavy atom. The van der Waals surface area contributed by atoms with Gasteiger partial charge in [0.25, 0.3) is 0 Å². The van der Waals surface area contributed by atoms with E-state index in [9.17, 15) is 14.4 Å². The van der Waals surface area contributed by atoms with Crippen LogP contribution in [-0.4, -0.2) is 152 Å². The van der Waals surface area contributed by atoms with Crippen molar-refractivity contribution < 1.29 is 40.3 Å². The van der Waals surface area contributed by atoms with Gasteiger partial charge in [-0.2, -0.15) is 0 Å². The number of rotatable bonds is 5. The van der Waals surface area contributed by atoms with E-state index in [0.29, 0.717) is 0 Å². The molecule has 0 aliphatic carbocycles. The molecule has 0 fully saturated rings. The third-order valence-corrected chi connectivity index (χ3v) is 1.29. The molecular formula is C6H12K2O8. The predicted octanol–water partition coefficient (Wildman–Crippen LogP) is -3.37. The molecule has 0 aromatic rings. The maximum absolute atomic E-state index is 10.3. The molecular weight excluding hydrogens is 278 g/mol. The van der Waals surface area contributed by atoms with Crippen LogP contribution in [0.25, 0.3) is 0 Å². The van der Waals surface area contributed by atoms with Crippen LogP contribution < -0.4 is 0 Å². The first-order valence-electron chi connectivity index (χ1n) is 3.17. The van der Waals surface area contributed by atoms with E-state index in [1.165, 1.54) is 0 Å². The van der Waals surface area contributed by atoms with Crippen molar-refractivity contribution in [1.82, 2.24) is 0 Å². The van der Waals surface area contributed by atoms with Crippen LogP contribution in [0.15, 0.2) is 0 Å². The summed E-state index contributed by atoms with van der Waals surface area (Å²) in [7, 11) is 0. The Morgan fingerprint density at radius 3 is 1.25 bits per heavy atom. The summed E-state index contributed by atoms with van der Waals surface area (Å²) in [4.78, 5) is 30.5. The fourth-order valence-corrected chi connectivity index (χ4v) is 0.714. The molecule has 10 heteroatoms. The first-order valence-corrected chi connectivity index (χ1v) is 3.17. The van der Waals surface area contributed by atoms with E-state index in [0.717, 1.165) is 0 Å². The van der Waals surface area contributed by atoms with Crippen LogP contribution >= 0.6 is 0 Å². The van der Waals surface area contributed by atoms with Gasteiger partial charge in [-0.05, 0) is 0 Å². The summed E-state index contributed by atoms with van der Waals surface area (Å²) in [6.07, 6.45) is -2.29. The van der Waals surface area contributed by atoms with Gasteiger partial charge in [0.2, 0.25) is 0 Å². The van der Waals surface area contributed by atoms with E-state index in [-0.39, 0.29) is 108 Å². The molecule has 0 saturated heterocycles. The normalized spacial score (nSPS) is 8.81. The third-order valence-electron chi connectivity index (χ3n) is 1.29. The summed E-state index contributed by atoms with van der Waals surface area (Å²) in [6, 6.07) is 0. The Hall–Kier alpha value is 1.60. The monoisotopic (exact) mass is 290 g/mol. The number of carboxylic acid groups (broad SMARTS) is 3. The Labute approximate surface area is 176 Å². The van der Waals surface area contributed by atoms with Crippen molar-refractivity contribution in [1.29, 1.82) is 0 Å². The zero-order chi connectivity index (χ0) is 10.6. The van der Waals surface area contributed by atoms with Gasteiger partial charge >= 0.3 is 121 Å². The average molecular weight is 290 g/mol. The van der Waals surface area contributed by atoms with Crippen molar-refractivity contribution in [2.45, 2.75) is 18.4 Å². The summed E-state index contributed by atoms with van der Waals surface area (Å²) in [6.45, 7) is 0. The fourth-order valence-electron chi connectivity index (χ4n) is 0.714. The van der Waals surface area contributed by atoms with E-state index >= 15 is 0 Å². The number of hydrogen-bond acceptors (Lipinski definition) is 4. The van der Waals surface area contributed by atoms with Crippen LogP contribution in [0.4, 0.5) is 0 Å². The summed E-state index contributed by atoms with van der Waals surface area (Å²) >= 11 is 0. The van der Waals surface area contributed by atoms with E-state index in [2.05, 4.69) is 0 Å². The molecule has 0 aliphatic rings. The summed E-state index contributed by atoms with van der Waals surface area (Å²) < 4.78 is 0. The minimum absolute atomic E-state index is 0. The zero-order valence-electron chi connectivity index (χ0n) is 6.93. The molecule has 8 nitrogen and oxygen atoms in total. The molecule has 0 atom stereocenters. The van der Waals surface area contributed by atoms with Crippen LogP contribution in [-0.2, 0) is 14.4 Å².